The summed E-state index contributed by atoms with van der Waals surface area (Å²) in [6.07, 6.45) is 1.43. The second kappa shape index (κ2) is 5.58. The molecule has 0 saturated heterocycles. The van der Waals surface area contributed by atoms with Crippen LogP contribution in [-0.2, 0) is 4.79 Å². The molecule has 0 saturated carbocycles. The summed E-state index contributed by atoms with van der Waals surface area (Å²) < 4.78 is 13.7. The molecule has 0 aromatic heterocycles. The van der Waals surface area contributed by atoms with E-state index in [9.17, 15) is 9.18 Å². The fraction of sp³-hybridized carbons (Fsp3) is 0. The first-order chi connectivity index (χ1) is 10.2. The van der Waals surface area contributed by atoms with E-state index in [-0.39, 0.29) is 5.70 Å². The van der Waals surface area contributed by atoms with Crippen molar-refractivity contribution >= 4 is 17.8 Å². The van der Waals surface area contributed by atoms with Crippen molar-refractivity contribution in [3.63, 3.8) is 0 Å². The van der Waals surface area contributed by atoms with Crippen molar-refractivity contribution in [1.29, 1.82) is 0 Å². The maximum Gasteiger partial charge on any atom is 0.288 e. The number of hydrazine groups is 1. The number of carbonyl (C=O) groups excluding carboxylic acids is 1. The Hall–Kier alpha value is -2.95. The van der Waals surface area contributed by atoms with Gasteiger partial charge in [0.05, 0.1) is 0 Å². The summed E-state index contributed by atoms with van der Waals surface area (Å²) in [5, 5.41) is 0. The zero-order valence-electron chi connectivity index (χ0n) is 11.0. The van der Waals surface area contributed by atoms with Crippen LogP contribution in [0.2, 0.25) is 0 Å². The maximum atomic E-state index is 13.7. The molecule has 0 bridgehead atoms. The zero-order valence-corrected chi connectivity index (χ0v) is 11.0. The predicted molar refractivity (Wildman–Crippen MR) is 78.6 cm³/mol. The SMILES string of the molecule is O=C1NNC(c2ccccc2)=N/C1=C\c1ccccc1F. The van der Waals surface area contributed by atoms with Gasteiger partial charge < -0.3 is 0 Å². The minimum Gasteiger partial charge on any atom is -0.281 e. The van der Waals surface area contributed by atoms with Crippen molar-refractivity contribution in [3.05, 3.63) is 77.2 Å². The molecular weight excluding hydrogens is 269 g/mol. The predicted octanol–water partition coefficient (Wildman–Crippen LogP) is 2.25. The molecule has 0 spiro atoms. The third kappa shape index (κ3) is 2.81. The smallest absolute Gasteiger partial charge is 0.281 e. The van der Waals surface area contributed by atoms with Gasteiger partial charge in [-0.3, -0.25) is 15.6 Å². The van der Waals surface area contributed by atoms with Crippen LogP contribution in [0.3, 0.4) is 0 Å². The van der Waals surface area contributed by atoms with Gasteiger partial charge in [0.15, 0.2) is 5.84 Å². The van der Waals surface area contributed by atoms with Crippen LogP contribution in [0.25, 0.3) is 6.08 Å². The van der Waals surface area contributed by atoms with Crippen LogP contribution in [0.15, 0.2) is 65.3 Å². The van der Waals surface area contributed by atoms with Gasteiger partial charge >= 0.3 is 0 Å². The lowest BCUT2D eigenvalue weighted by atomic mass is 10.1. The van der Waals surface area contributed by atoms with Crippen LogP contribution >= 0.6 is 0 Å². The molecule has 4 nitrogen and oxygen atoms in total. The van der Waals surface area contributed by atoms with E-state index in [2.05, 4.69) is 15.8 Å². The van der Waals surface area contributed by atoms with Gasteiger partial charge in [-0.25, -0.2) is 9.38 Å². The molecule has 2 N–H and O–H groups in total. The lowest BCUT2D eigenvalue weighted by molar-refractivity contribution is -0.118. The highest BCUT2D eigenvalue weighted by Crippen LogP contribution is 2.14. The summed E-state index contributed by atoms with van der Waals surface area (Å²) in [4.78, 5) is 16.1. The molecule has 1 aliphatic rings. The van der Waals surface area contributed by atoms with Crippen molar-refractivity contribution in [1.82, 2.24) is 10.9 Å². The number of amidine groups is 1. The molecule has 2 aromatic carbocycles. The summed E-state index contributed by atoms with van der Waals surface area (Å²) in [5.74, 6) is -0.288. The summed E-state index contributed by atoms with van der Waals surface area (Å²) in [6, 6.07) is 15.6. The molecule has 1 aliphatic heterocycles. The zero-order chi connectivity index (χ0) is 14.7. The minimum absolute atomic E-state index is 0.151. The van der Waals surface area contributed by atoms with Gasteiger partial charge in [-0.2, -0.15) is 0 Å². The van der Waals surface area contributed by atoms with E-state index in [1.807, 2.05) is 30.3 Å². The number of amides is 1. The molecule has 104 valence electrons. The summed E-state index contributed by atoms with van der Waals surface area (Å²) >= 11 is 0. The standard InChI is InChI=1S/C16H12FN3O/c17-13-9-5-4-8-12(13)10-14-16(21)20-19-15(18-14)11-6-2-1-3-7-11/h1-10H,(H,18,19)(H,20,21)/b14-10-. The van der Waals surface area contributed by atoms with Gasteiger partial charge in [0.25, 0.3) is 5.91 Å². The van der Waals surface area contributed by atoms with Crippen LogP contribution in [0, 0.1) is 5.82 Å². The fourth-order valence-corrected chi connectivity index (χ4v) is 1.95. The Labute approximate surface area is 121 Å². The molecule has 0 aliphatic carbocycles. The van der Waals surface area contributed by atoms with E-state index in [1.165, 1.54) is 12.1 Å². The second-order valence-corrected chi connectivity index (χ2v) is 4.46. The topological polar surface area (TPSA) is 53.5 Å². The normalized spacial score (nSPS) is 16.1. The van der Waals surface area contributed by atoms with Crippen LogP contribution in [0.5, 0.6) is 0 Å². The summed E-state index contributed by atoms with van der Waals surface area (Å²) in [7, 11) is 0. The minimum atomic E-state index is -0.405. The van der Waals surface area contributed by atoms with Crippen LogP contribution < -0.4 is 10.9 Å². The van der Waals surface area contributed by atoms with E-state index in [1.54, 1.807) is 18.2 Å². The molecule has 0 atom stereocenters. The number of hydrogen-bond donors (Lipinski definition) is 2. The monoisotopic (exact) mass is 281 g/mol. The van der Waals surface area contributed by atoms with Gasteiger partial charge in [0.2, 0.25) is 0 Å². The second-order valence-electron chi connectivity index (χ2n) is 4.46. The number of benzene rings is 2. The third-order valence-electron chi connectivity index (χ3n) is 3.00. The molecule has 0 fully saturated rings. The molecule has 2 aromatic rings. The van der Waals surface area contributed by atoms with E-state index < -0.39 is 11.7 Å². The number of hydrogen-bond acceptors (Lipinski definition) is 3. The first kappa shape index (κ1) is 13.1. The Bertz CT molecular complexity index is 738. The third-order valence-corrected chi connectivity index (χ3v) is 3.00. The van der Waals surface area contributed by atoms with Crippen molar-refractivity contribution in [2.45, 2.75) is 0 Å². The molecule has 1 heterocycles. The highest BCUT2D eigenvalue weighted by atomic mass is 19.1. The summed E-state index contributed by atoms with van der Waals surface area (Å²) in [5.41, 5.74) is 6.54. The van der Waals surface area contributed by atoms with Gasteiger partial charge in [-0.1, -0.05) is 48.5 Å². The number of rotatable bonds is 2. The number of aliphatic imine (C=N–C) groups is 1. The molecule has 3 rings (SSSR count). The number of halogens is 1. The molecule has 0 unspecified atom stereocenters. The fourth-order valence-electron chi connectivity index (χ4n) is 1.95. The largest absolute Gasteiger partial charge is 0.288 e. The van der Waals surface area contributed by atoms with Gasteiger partial charge in [-0.05, 0) is 12.1 Å². The van der Waals surface area contributed by atoms with Gasteiger partial charge in [0.1, 0.15) is 11.5 Å². The van der Waals surface area contributed by atoms with E-state index in [0.29, 0.717) is 11.4 Å². The Kier molecular flexibility index (Phi) is 3.47. The number of nitrogens with zero attached hydrogens (tertiary/aromatic N) is 1. The average Bonchev–Trinajstić information content (AvgIpc) is 2.52. The van der Waals surface area contributed by atoms with Gasteiger partial charge in [0, 0.05) is 11.1 Å². The van der Waals surface area contributed by atoms with E-state index >= 15 is 0 Å². The van der Waals surface area contributed by atoms with Crippen LogP contribution in [0.4, 0.5) is 4.39 Å². The number of nitrogens with one attached hydrogen (secondary N) is 2. The highest BCUT2D eigenvalue weighted by Gasteiger charge is 2.17. The van der Waals surface area contributed by atoms with Crippen molar-refractivity contribution in [2.24, 2.45) is 4.99 Å². The quantitative estimate of drug-likeness (QED) is 0.830. The van der Waals surface area contributed by atoms with Crippen molar-refractivity contribution < 1.29 is 9.18 Å². The van der Waals surface area contributed by atoms with Crippen LogP contribution in [-0.4, -0.2) is 11.7 Å². The molecule has 5 heteroatoms. The maximum absolute atomic E-state index is 13.7. The average molecular weight is 281 g/mol. The van der Waals surface area contributed by atoms with Gasteiger partial charge in [-0.15, -0.1) is 0 Å². The Morgan fingerprint density at radius 3 is 2.43 bits per heavy atom. The molecule has 0 radical (unpaired) electrons. The Morgan fingerprint density at radius 1 is 0.952 bits per heavy atom. The number of carbonyl (C=O) groups is 1. The van der Waals surface area contributed by atoms with Crippen LogP contribution in [0.1, 0.15) is 11.1 Å². The first-order valence-electron chi connectivity index (χ1n) is 6.41. The Balaban J connectivity index is 2.01. The molecule has 21 heavy (non-hydrogen) atoms. The lowest BCUT2D eigenvalue weighted by Gasteiger charge is -2.17. The molecular formula is C16H12FN3O. The summed E-state index contributed by atoms with van der Waals surface area (Å²) in [6.45, 7) is 0. The first-order valence-corrected chi connectivity index (χ1v) is 6.41. The van der Waals surface area contributed by atoms with E-state index in [4.69, 9.17) is 0 Å². The van der Waals surface area contributed by atoms with E-state index in [0.717, 1.165) is 5.56 Å². The van der Waals surface area contributed by atoms with Crippen molar-refractivity contribution in [2.75, 3.05) is 0 Å². The molecule has 1 amide bonds. The lowest BCUT2D eigenvalue weighted by Crippen LogP contribution is -2.46. The highest BCUT2D eigenvalue weighted by molar-refractivity contribution is 6.09. The Morgan fingerprint density at radius 2 is 1.67 bits per heavy atom. The van der Waals surface area contributed by atoms with Crippen molar-refractivity contribution in [3.8, 4) is 0 Å².